The number of rotatable bonds is 9. The minimum absolute atomic E-state index is 0.0263. The first-order chi connectivity index (χ1) is 33.8. The van der Waals surface area contributed by atoms with E-state index in [1.54, 1.807) is 0 Å². The summed E-state index contributed by atoms with van der Waals surface area (Å²) in [6.07, 6.45) is 4.59. The van der Waals surface area contributed by atoms with Gasteiger partial charge in [0.2, 0.25) is 0 Å². The van der Waals surface area contributed by atoms with Crippen molar-refractivity contribution in [1.29, 1.82) is 0 Å². The number of hydrogen-bond acceptors (Lipinski definition) is 3. The molecule has 0 atom stereocenters. The van der Waals surface area contributed by atoms with Crippen molar-refractivity contribution in [3.05, 3.63) is 255 Å². The summed E-state index contributed by atoms with van der Waals surface area (Å²) in [5.74, 6) is 0. The van der Waals surface area contributed by atoms with Gasteiger partial charge in [0.25, 0.3) is 6.71 Å². The summed E-state index contributed by atoms with van der Waals surface area (Å²) in [4.78, 5) is 7.23. The Morgan fingerprint density at radius 3 is 1.13 bits per heavy atom. The Morgan fingerprint density at radius 1 is 0.294 bits per heavy atom. The van der Waals surface area contributed by atoms with E-state index in [0.29, 0.717) is 0 Å². The van der Waals surface area contributed by atoms with Crippen LogP contribution >= 0.6 is 0 Å². The number of fused-ring (bicyclic) bond motifs is 5. The first kappa shape index (κ1) is 38.3. The maximum Gasteiger partial charge on any atom is 0.252 e. The van der Waals surface area contributed by atoms with Crippen LogP contribution in [0, 0.1) is 0 Å². The van der Waals surface area contributed by atoms with E-state index in [9.17, 15) is 0 Å². The zero-order valence-electron chi connectivity index (χ0n) is 37.1. The lowest BCUT2D eigenvalue weighted by atomic mass is 9.34. The second kappa shape index (κ2) is 15.3. The van der Waals surface area contributed by atoms with E-state index in [-0.39, 0.29) is 6.71 Å². The predicted octanol–water partition coefficient (Wildman–Crippen LogP) is 14.3. The molecule has 10 aromatic carbocycles. The van der Waals surface area contributed by atoms with E-state index in [4.69, 9.17) is 0 Å². The fourth-order valence-electron chi connectivity index (χ4n) is 11.2. The third-order valence-electron chi connectivity index (χ3n) is 14.1. The Morgan fingerprint density at radius 2 is 0.691 bits per heavy atom. The molecule has 6 heteroatoms. The summed E-state index contributed by atoms with van der Waals surface area (Å²) in [5, 5.41) is 4.83. The number of nitrogens with zero attached hydrogens (tertiary/aromatic N) is 5. The molecule has 5 nitrogen and oxygen atoms in total. The van der Waals surface area contributed by atoms with Gasteiger partial charge in [-0.1, -0.05) is 133 Å². The number of benzene rings is 10. The summed E-state index contributed by atoms with van der Waals surface area (Å²) in [6, 6.07) is 88.3. The van der Waals surface area contributed by atoms with E-state index >= 15 is 0 Å². The number of para-hydroxylation sites is 5. The highest BCUT2D eigenvalue weighted by atomic mass is 15.2. The first-order valence-corrected chi connectivity index (χ1v) is 23.4. The molecule has 4 heterocycles. The van der Waals surface area contributed by atoms with Crippen LogP contribution in [0.25, 0.3) is 44.0 Å². The summed E-state index contributed by atoms with van der Waals surface area (Å²) in [7, 11) is 0. The average molecular weight is 868 g/mol. The Kier molecular flexibility index (Phi) is 8.61. The fraction of sp³-hybridized carbons (Fsp3) is 0. The second-order valence-corrected chi connectivity index (χ2v) is 17.8. The van der Waals surface area contributed by atoms with Crippen molar-refractivity contribution < 1.29 is 0 Å². The zero-order valence-corrected chi connectivity index (χ0v) is 37.1. The van der Waals surface area contributed by atoms with Crippen molar-refractivity contribution in [2.24, 2.45) is 0 Å². The molecule has 0 saturated heterocycles. The van der Waals surface area contributed by atoms with Gasteiger partial charge >= 0.3 is 0 Å². The van der Waals surface area contributed by atoms with Crippen LogP contribution < -0.4 is 31.1 Å². The normalized spacial score (nSPS) is 12.1. The second-order valence-electron chi connectivity index (χ2n) is 17.8. The van der Waals surface area contributed by atoms with E-state index < -0.39 is 0 Å². The van der Waals surface area contributed by atoms with E-state index in [0.717, 1.165) is 51.2 Å². The lowest BCUT2D eigenvalue weighted by molar-refractivity contribution is 1.09. The maximum atomic E-state index is 2.47. The monoisotopic (exact) mass is 867 g/mol. The molecular formula is C62H42BN5. The van der Waals surface area contributed by atoms with Crippen LogP contribution in [0.4, 0.5) is 51.2 Å². The Balaban J connectivity index is 1.06. The average Bonchev–Trinajstić information content (AvgIpc) is 4.07. The largest absolute Gasteiger partial charge is 0.317 e. The third kappa shape index (κ3) is 5.84. The molecule has 2 aliphatic heterocycles. The van der Waals surface area contributed by atoms with E-state index in [1.165, 1.54) is 60.3 Å². The molecule has 2 aliphatic rings. The first-order valence-electron chi connectivity index (χ1n) is 23.4. The van der Waals surface area contributed by atoms with Crippen molar-refractivity contribution in [1.82, 2.24) is 9.13 Å². The standard InChI is InChI=1S/C62H42BN5/c1-6-20-45(21-7-1)66(50-31-30-43-18-16-17-19-44(43)40-50)51-41-58-60-59(42-51)65-39-37-53-57(68(48-26-12-4-13-27-48)49-28-14-5-15-29-49)35-33-55(62(53)65)63(60)54-32-34-56(52-36-38-64(58)61(52)54)67(46-22-8-2-9-23-46)47-24-10-3-11-25-47/h1-42H. The Bertz CT molecular complexity index is 3600. The topological polar surface area (TPSA) is 19.6 Å². The molecule has 318 valence electrons. The van der Waals surface area contributed by atoms with Crippen LogP contribution in [0.3, 0.4) is 0 Å². The molecule has 12 aromatic rings. The summed E-state index contributed by atoms with van der Waals surface area (Å²) >= 11 is 0. The summed E-state index contributed by atoms with van der Waals surface area (Å²) in [5.41, 5.74) is 18.8. The van der Waals surface area contributed by atoms with E-state index in [1.807, 2.05) is 0 Å². The molecule has 0 fully saturated rings. The lowest BCUT2D eigenvalue weighted by Crippen LogP contribution is -2.59. The molecule has 0 spiro atoms. The van der Waals surface area contributed by atoms with Gasteiger partial charge in [0.05, 0.1) is 28.1 Å². The van der Waals surface area contributed by atoms with Crippen LogP contribution in [0.1, 0.15) is 0 Å². The minimum atomic E-state index is -0.0263. The van der Waals surface area contributed by atoms with Crippen molar-refractivity contribution in [3.8, 4) is 11.4 Å². The zero-order chi connectivity index (χ0) is 44.7. The maximum absolute atomic E-state index is 2.47. The van der Waals surface area contributed by atoms with Crippen molar-refractivity contribution >= 4 is 107 Å². The molecular weight excluding hydrogens is 826 g/mol. The molecule has 14 rings (SSSR count). The van der Waals surface area contributed by atoms with Gasteiger partial charge < -0.3 is 23.8 Å². The van der Waals surface area contributed by atoms with E-state index in [2.05, 4.69) is 279 Å². The lowest BCUT2D eigenvalue weighted by Gasteiger charge is -2.36. The summed E-state index contributed by atoms with van der Waals surface area (Å²) < 4.78 is 4.94. The van der Waals surface area contributed by atoms with Gasteiger partial charge in [0.15, 0.2) is 0 Å². The van der Waals surface area contributed by atoms with Gasteiger partial charge in [-0.3, -0.25) is 0 Å². The molecule has 0 amide bonds. The Labute approximate surface area is 395 Å². The summed E-state index contributed by atoms with van der Waals surface area (Å²) in [6.45, 7) is -0.0263. The highest BCUT2D eigenvalue weighted by molar-refractivity contribution is 7.00. The van der Waals surface area contributed by atoms with Crippen LogP contribution in [0.5, 0.6) is 0 Å². The molecule has 0 N–H and O–H groups in total. The molecule has 0 unspecified atom stereocenters. The van der Waals surface area contributed by atoms with Crippen LogP contribution in [-0.4, -0.2) is 15.8 Å². The molecule has 0 radical (unpaired) electrons. The molecule has 68 heavy (non-hydrogen) atoms. The van der Waals surface area contributed by atoms with Gasteiger partial charge in [-0.15, -0.1) is 0 Å². The molecule has 0 saturated carbocycles. The molecule has 0 aliphatic carbocycles. The van der Waals surface area contributed by atoms with Gasteiger partial charge in [-0.25, -0.2) is 0 Å². The number of anilines is 9. The van der Waals surface area contributed by atoms with Gasteiger partial charge in [-0.2, -0.15) is 0 Å². The van der Waals surface area contributed by atoms with Gasteiger partial charge in [0, 0.05) is 68.7 Å². The van der Waals surface area contributed by atoms with Crippen molar-refractivity contribution in [2.45, 2.75) is 0 Å². The Hall–Kier alpha value is -9.00. The predicted molar refractivity (Wildman–Crippen MR) is 286 cm³/mol. The van der Waals surface area contributed by atoms with Crippen LogP contribution in [-0.2, 0) is 0 Å². The SMILES string of the molecule is c1ccc(N(c2cc3c4c(c2)-n2ccc5c(N(c6ccccc6)c6ccccc6)ccc(c52)B4c2ccc(N(c4ccccc4)c4ccccc4)c4ccn-3c24)c2ccc3ccccc3c2)cc1. The molecule has 0 bridgehead atoms. The van der Waals surface area contributed by atoms with Crippen molar-refractivity contribution in [3.63, 3.8) is 0 Å². The van der Waals surface area contributed by atoms with Crippen LogP contribution in [0.15, 0.2) is 255 Å². The smallest absolute Gasteiger partial charge is 0.252 e. The van der Waals surface area contributed by atoms with Gasteiger partial charge in [-0.05, 0) is 136 Å². The van der Waals surface area contributed by atoms with Gasteiger partial charge in [0.1, 0.15) is 0 Å². The third-order valence-corrected chi connectivity index (χ3v) is 14.1. The number of hydrogen-bond donors (Lipinski definition) is 0. The minimum Gasteiger partial charge on any atom is -0.317 e. The quantitative estimate of drug-likeness (QED) is 0.135. The fourth-order valence-corrected chi connectivity index (χ4v) is 11.2. The highest BCUT2D eigenvalue weighted by Gasteiger charge is 2.41. The molecule has 2 aromatic heterocycles. The van der Waals surface area contributed by atoms with Crippen LogP contribution in [0.2, 0.25) is 0 Å². The van der Waals surface area contributed by atoms with Crippen molar-refractivity contribution in [2.75, 3.05) is 14.7 Å². The highest BCUT2D eigenvalue weighted by Crippen LogP contribution is 2.45. The number of aromatic nitrogens is 2.